The van der Waals surface area contributed by atoms with Crippen LogP contribution in [0.5, 0.6) is 0 Å². The maximum absolute atomic E-state index is 3.79. The normalized spacial score (nSPS) is 29.2. The molecule has 0 amide bonds. The minimum Gasteiger partial charge on any atom is -0.103 e. The van der Waals surface area contributed by atoms with Gasteiger partial charge in [0.2, 0.25) is 0 Å². The molecule has 1 rings (SSSR count). The highest BCUT2D eigenvalue weighted by molar-refractivity contribution is 5.14. The van der Waals surface area contributed by atoms with Crippen molar-refractivity contribution in [3.05, 3.63) is 23.8 Å². The summed E-state index contributed by atoms with van der Waals surface area (Å²) >= 11 is 0. The molecule has 0 bridgehead atoms. The maximum Gasteiger partial charge on any atom is -0.0289 e. The molecule has 0 aromatic carbocycles. The minimum atomic E-state index is 0.878. The lowest BCUT2D eigenvalue weighted by Gasteiger charge is -2.30. The summed E-state index contributed by atoms with van der Waals surface area (Å²) in [7, 11) is 0. The fourth-order valence-electron chi connectivity index (χ4n) is 2.31. The first-order valence-corrected chi connectivity index (χ1v) is 5.41. The van der Waals surface area contributed by atoms with Gasteiger partial charge >= 0.3 is 0 Å². The Morgan fingerprint density at radius 3 is 2.54 bits per heavy atom. The van der Waals surface area contributed by atoms with Crippen molar-refractivity contribution in [1.82, 2.24) is 0 Å². The van der Waals surface area contributed by atoms with Gasteiger partial charge in [-0.2, -0.15) is 0 Å². The second-order valence-corrected chi connectivity index (χ2v) is 4.57. The van der Waals surface area contributed by atoms with Crippen LogP contribution >= 0.6 is 0 Å². The topological polar surface area (TPSA) is 0 Å². The maximum atomic E-state index is 3.79. The summed E-state index contributed by atoms with van der Waals surface area (Å²) < 4.78 is 0. The van der Waals surface area contributed by atoms with Crippen molar-refractivity contribution in [1.29, 1.82) is 0 Å². The molecule has 0 aliphatic heterocycles. The molecule has 2 unspecified atom stereocenters. The van der Waals surface area contributed by atoms with Crippen molar-refractivity contribution in [2.24, 2.45) is 11.8 Å². The van der Waals surface area contributed by atoms with E-state index in [9.17, 15) is 0 Å². The molecule has 0 spiro atoms. The third-order valence-electron chi connectivity index (χ3n) is 3.47. The smallest absolute Gasteiger partial charge is 0.0289 e. The Labute approximate surface area is 82.7 Å². The van der Waals surface area contributed by atoms with E-state index < -0.39 is 0 Å². The number of hydrogen-bond acceptors (Lipinski definition) is 0. The first-order chi connectivity index (χ1) is 6.15. The van der Waals surface area contributed by atoms with Gasteiger partial charge in [-0.3, -0.25) is 0 Å². The molecule has 0 radical (unpaired) electrons. The molecule has 0 saturated heterocycles. The summed E-state index contributed by atoms with van der Waals surface area (Å²) in [6.45, 7) is 10.8. The van der Waals surface area contributed by atoms with Crippen LogP contribution in [0.1, 0.15) is 46.5 Å². The van der Waals surface area contributed by atoms with Gasteiger partial charge in [-0.05, 0) is 51.4 Å². The van der Waals surface area contributed by atoms with Crippen LogP contribution in [-0.2, 0) is 0 Å². The zero-order chi connectivity index (χ0) is 9.84. The molecule has 2 atom stereocenters. The molecule has 0 fully saturated rings. The molecule has 0 N–H and O–H groups in total. The van der Waals surface area contributed by atoms with Crippen molar-refractivity contribution < 1.29 is 0 Å². The van der Waals surface area contributed by atoms with Crippen LogP contribution < -0.4 is 0 Å². The Hall–Kier alpha value is -0.520. The highest BCUT2D eigenvalue weighted by Crippen LogP contribution is 2.36. The Morgan fingerprint density at radius 1 is 1.31 bits per heavy atom. The molecule has 74 valence electrons. The molecule has 13 heavy (non-hydrogen) atoms. The average Bonchev–Trinajstić information content (AvgIpc) is 2.09. The Morgan fingerprint density at radius 2 is 1.92 bits per heavy atom. The molecule has 0 aromatic heterocycles. The van der Waals surface area contributed by atoms with Crippen molar-refractivity contribution in [2.75, 3.05) is 0 Å². The van der Waals surface area contributed by atoms with Gasteiger partial charge in [-0.1, -0.05) is 24.1 Å². The van der Waals surface area contributed by atoms with Crippen LogP contribution in [0.2, 0.25) is 0 Å². The van der Waals surface area contributed by atoms with E-state index in [1.165, 1.54) is 25.7 Å². The summed E-state index contributed by atoms with van der Waals surface area (Å²) in [5.41, 5.74) is 3.26. The van der Waals surface area contributed by atoms with Crippen molar-refractivity contribution in [2.45, 2.75) is 46.5 Å². The van der Waals surface area contributed by atoms with Crippen LogP contribution in [0.3, 0.4) is 0 Å². The number of hydrogen-bond donors (Lipinski definition) is 0. The van der Waals surface area contributed by atoms with E-state index in [-0.39, 0.29) is 0 Å². The van der Waals surface area contributed by atoms with Gasteiger partial charge < -0.3 is 0 Å². The summed E-state index contributed by atoms with van der Waals surface area (Å²) in [4.78, 5) is 0. The number of rotatable bonds is 3. The lowest BCUT2D eigenvalue weighted by atomic mass is 9.75. The first kappa shape index (κ1) is 10.6. The second kappa shape index (κ2) is 4.64. The Kier molecular flexibility index (Phi) is 3.77. The van der Waals surface area contributed by atoms with Crippen molar-refractivity contribution >= 4 is 0 Å². The van der Waals surface area contributed by atoms with Gasteiger partial charge in [0.15, 0.2) is 0 Å². The Balaban J connectivity index is 2.54. The average molecular weight is 178 g/mol. The van der Waals surface area contributed by atoms with E-state index in [2.05, 4.69) is 27.4 Å². The second-order valence-electron chi connectivity index (χ2n) is 4.57. The lowest BCUT2D eigenvalue weighted by Crippen LogP contribution is -2.17. The van der Waals surface area contributed by atoms with Gasteiger partial charge in [0.1, 0.15) is 0 Å². The Bertz CT molecular complexity index is 210. The predicted octanol–water partition coefficient (Wildman–Crippen LogP) is 4.34. The summed E-state index contributed by atoms with van der Waals surface area (Å²) in [6, 6.07) is 0. The molecule has 0 nitrogen and oxygen atoms in total. The van der Waals surface area contributed by atoms with Crippen LogP contribution in [0, 0.1) is 11.8 Å². The number of allylic oxidation sites excluding steroid dienone is 3. The highest BCUT2D eigenvalue weighted by Gasteiger charge is 2.22. The zero-order valence-electron chi connectivity index (χ0n) is 9.27. The van der Waals surface area contributed by atoms with E-state index >= 15 is 0 Å². The predicted molar refractivity (Wildman–Crippen MR) is 59.7 cm³/mol. The fraction of sp³-hybridized carbons (Fsp3) is 0.692. The van der Waals surface area contributed by atoms with Crippen LogP contribution in [0.25, 0.3) is 0 Å². The van der Waals surface area contributed by atoms with Gasteiger partial charge in [-0.15, -0.1) is 6.58 Å². The van der Waals surface area contributed by atoms with Crippen molar-refractivity contribution in [3.8, 4) is 0 Å². The third kappa shape index (κ3) is 2.72. The minimum absolute atomic E-state index is 0.878. The molecule has 1 aliphatic rings. The molecule has 0 aromatic rings. The van der Waals surface area contributed by atoms with Crippen molar-refractivity contribution in [3.63, 3.8) is 0 Å². The lowest BCUT2D eigenvalue weighted by molar-refractivity contribution is 0.313. The monoisotopic (exact) mass is 178 g/mol. The van der Waals surface area contributed by atoms with Gasteiger partial charge in [0.25, 0.3) is 0 Å². The van der Waals surface area contributed by atoms with E-state index in [1.54, 1.807) is 11.1 Å². The summed E-state index contributed by atoms with van der Waals surface area (Å²) in [5.74, 6) is 1.78. The molecular weight excluding hydrogens is 156 g/mol. The van der Waals surface area contributed by atoms with Gasteiger partial charge in [0.05, 0.1) is 0 Å². The van der Waals surface area contributed by atoms with Crippen LogP contribution in [0.15, 0.2) is 23.8 Å². The highest BCUT2D eigenvalue weighted by atomic mass is 14.3. The van der Waals surface area contributed by atoms with Gasteiger partial charge in [0, 0.05) is 0 Å². The van der Waals surface area contributed by atoms with E-state index in [1.807, 2.05) is 6.08 Å². The summed E-state index contributed by atoms with van der Waals surface area (Å²) in [5, 5.41) is 0. The van der Waals surface area contributed by atoms with Crippen LogP contribution in [0.4, 0.5) is 0 Å². The van der Waals surface area contributed by atoms with E-state index in [0.29, 0.717) is 0 Å². The fourth-order valence-corrected chi connectivity index (χ4v) is 2.31. The van der Waals surface area contributed by atoms with E-state index in [4.69, 9.17) is 0 Å². The first-order valence-electron chi connectivity index (χ1n) is 5.41. The van der Waals surface area contributed by atoms with Gasteiger partial charge in [-0.25, -0.2) is 0 Å². The molecule has 0 saturated carbocycles. The molecule has 1 aliphatic carbocycles. The molecule has 0 heteroatoms. The third-order valence-corrected chi connectivity index (χ3v) is 3.47. The zero-order valence-corrected chi connectivity index (χ0v) is 9.27. The van der Waals surface area contributed by atoms with Crippen LogP contribution in [-0.4, -0.2) is 0 Å². The quantitative estimate of drug-likeness (QED) is 0.564. The SMILES string of the molecule is C=CCCC1CC(C)=C(C)CC1C. The molecule has 0 heterocycles. The van der Waals surface area contributed by atoms with E-state index in [0.717, 1.165) is 11.8 Å². The molecular formula is C13H22. The summed E-state index contributed by atoms with van der Waals surface area (Å²) in [6.07, 6.45) is 7.19. The largest absolute Gasteiger partial charge is 0.103 e. The standard InChI is InChI=1S/C13H22/c1-5-6-7-13-9-11(3)10(2)8-12(13)4/h5,12-13H,1,6-9H2,2-4H3.